The summed E-state index contributed by atoms with van der Waals surface area (Å²) >= 11 is 0. The third-order valence-electron chi connectivity index (χ3n) is 7.93. The Hall–Kier alpha value is -1.30. The molecule has 0 radical (unpaired) electrons. The molecule has 1 aromatic carbocycles. The Balaban J connectivity index is 1.57. The molecule has 2 saturated carbocycles. The highest BCUT2D eigenvalue weighted by atomic mass is 16.6. The first kappa shape index (κ1) is 14.8. The molecule has 2 N–H and O–H groups in total. The van der Waals surface area contributed by atoms with Gasteiger partial charge in [-0.1, -0.05) is 6.07 Å². The zero-order chi connectivity index (χ0) is 17.0. The Morgan fingerprint density at radius 2 is 2.28 bits per heavy atom. The van der Waals surface area contributed by atoms with E-state index in [4.69, 9.17) is 9.47 Å². The molecule has 5 heteroatoms. The van der Waals surface area contributed by atoms with Crippen LogP contribution in [-0.2, 0) is 16.6 Å². The number of phenols is 1. The fourth-order valence-electron chi connectivity index (χ4n) is 6.92. The van der Waals surface area contributed by atoms with Crippen LogP contribution in [-0.4, -0.2) is 59.7 Å². The van der Waals surface area contributed by atoms with Crippen molar-refractivity contribution in [2.75, 3.05) is 26.8 Å². The predicted octanol–water partition coefficient (Wildman–Crippen LogP) is 1.44. The first-order valence-electron chi connectivity index (χ1n) is 9.59. The van der Waals surface area contributed by atoms with E-state index in [-0.39, 0.29) is 29.5 Å². The summed E-state index contributed by atoms with van der Waals surface area (Å²) in [5.41, 5.74) is 2.34. The smallest absolute Gasteiger partial charge is 0.165 e. The second kappa shape index (κ2) is 4.51. The second-order valence-corrected chi connectivity index (χ2v) is 8.76. The monoisotopic (exact) mass is 343 g/mol. The molecule has 2 aliphatic heterocycles. The van der Waals surface area contributed by atoms with Crippen LogP contribution >= 0.6 is 0 Å². The van der Waals surface area contributed by atoms with Crippen LogP contribution in [0.25, 0.3) is 0 Å². The minimum atomic E-state index is -0.264. The van der Waals surface area contributed by atoms with Gasteiger partial charge < -0.3 is 24.6 Å². The molecule has 2 unspecified atom stereocenters. The first-order chi connectivity index (χ1) is 12.1. The number of benzene rings is 1. The van der Waals surface area contributed by atoms with Gasteiger partial charge in [0.2, 0.25) is 0 Å². The van der Waals surface area contributed by atoms with E-state index in [9.17, 15) is 10.2 Å². The molecule has 0 aromatic heterocycles. The van der Waals surface area contributed by atoms with Crippen molar-refractivity contribution in [2.24, 2.45) is 11.8 Å². The molecule has 2 bridgehead atoms. The molecular weight excluding hydrogens is 318 g/mol. The maximum absolute atomic E-state index is 10.5. The molecule has 3 fully saturated rings. The number of nitrogens with zero attached hydrogens (tertiary/aromatic N) is 1. The van der Waals surface area contributed by atoms with Gasteiger partial charge in [0.1, 0.15) is 11.7 Å². The molecule has 0 amide bonds. The number of hydrogen-bond acceptors (Lipinski definition) is 5. The van der Waals surface area contributed by atoms with E-state index in [0.717, 1.165) is 31.6 Å². The largest absolute Gasteiger partial charge is 0.504 e. The van der Waals surface area contributed by atoms with Crippen molar-refractivity contribution >= 4 is 0 Å². The van der Waals surface area contributed by atoms with Gasteiger partial charge in [0.05, 0.1) is 13.2 Å². The van der Waals surface area contributed by atoms with Gasteiger partial charge in [-0.25, -0.2) is 0 Å². The summed E-state index contributed by atoms with van der Waals surface area (Å²) in [5, 5.41) is 19.8. The lowest BCUT2D eigenvalue weighted by Crippen LogP contribution is -2.67. The normalized spacial score (nSPS) is 45.5. The number of likely N-dealkylation sites (tertiary alicyclic amines) is 1. The summed E-state index contributed by atoms with van der Waals surface area (Å²) in [6.45, 7) is 1.48. The van der Waals surface area contributed by atoms with E-state index in [1.165, 1.54) is 17.5 Å². The summed E-state index contributed by atoms with van der Waals surface area (Å²) in [6, 6.07) is 4.45. The Kier molecular flexibility index (Phi) is 2.67. The van der Waals surface area contributed by atoms with Crippen LogP contribution in [0, 0.1) is 11.8 Å². The van der Waals surface area contributed by atoms with Crippen molar-refractivity contribution in [3.8, 4) is 11.5 Å². The van der Waals surface area contributed by atoms with Crippen LogP contribution < -0.4 is 4.74 Å². The van der Waals surface area contributed by atoms with Crippen LogP contribution in [0.5, 0.6) is 11.5 Å². The first-order valence-corrected chi connectivity index (χ1v) is 9.59. The fraction of sp³-hybridized carbons (Fsp3) is 0.700. The third kappa shape index (κ3) is 1.53. The molecule has 5 nitrogen and oxygen atoms in total. The molecule has 6 rings (SSSR count). The maximum Gasteiger partial charge on any atom is 0.165 e. The van der Waals surface area contributed by atoms with Gasteiger partial charge in [-0.3, -0.25) is 0 Å². The van der Waals surface area contributed by atoms with Crippen molar-refractivity contribution in [3.63, 3.8) is 0 Å². The average Bonchev–Trinajstić information content (AvgIpc) is 3.20. The highest BCUT2D eigenvalue weighted by molar-refractivity contribution is 5.62. The van der Waals surface area contributed by atoms with Gasteiger partial charge in [-0.05, 0) is 62.7 Å². The lowest BCUT2D eigenvalue weighted by molar-refractivity contribution is -0.138. The highest BCUT2D eigenvalue weighted by Crippen LogP contribution is 2.72. The van der Waals surface area contributed by atoms with Crippen LogP contribution in [0.4, 0.5) is 0 Å². The molecule has 134 valence electrons. The molecule has 2 heterocycles. The number of piperidine rings is 1. The van der Waals surface area contributed by atoms with Gasteiger partial charge in [0.15, 0.2) is 11.5 Å². The van der Waals surface area contributed by atoms with Crippen molar-refractivity contribution < 1.29 is 19.7 Å². The Morgan fingerprint density at radius 1 is 1.40 bits per heavy atom. The molecule has 1 aromatic rings. The zero-order valence-corrected chi connectivity index (χ0v) is 14.6. The second-order valence-electron chi connectivity index (χ2n) is 8.76. The van der Waals surface area contributed by atoms with Gasteiger partial charge in [-0.15, -0.1) is 0 Å². The Labute approximate surface area is 147 Å². The SMILES string of the molecule is CN1CC[C@]23c4c5ccc(O)c4O[C@H]2[C@]2(OCCO)CC2CC3[C@H]1C5. The maximum atomic E-state index is 10.5. The molecule has 1 spiro atoms. The molecule has 5 aliphatic rings. The van der Waals surface area contributed by atoms with E-state index in [1.807, 2.05) is 0 Å². The van der Waals surface area contributed by atoms with Crippen LogP contribution in [0.2, 0.25) is 0 Å². The van der Waals surface area contributed by atoms with Crippen LogP contribution in [0.3, 0.4) is 0 Å². The summed E-state index contributed by atoms with van der Waals surface area (Å²) in [6.07, 6.45) is 4.30. The van der Waals surface area contributed by atoms with E-state index in [2.05, 4.69) is 18.0 Å². The number of aliphatic hydroxyl groups is 1. The van der Waals surface area contributed by atoms with Crippen LogP contribution in [0.1, 0.15) is 30.4 Å². The van der Waals surface area contributed by atoms with Crippen LogP contribution in [0.15, 0.2) is 12.1 Å². The molecule has 6 atom stereocenters. The lowest BCUT2D eigenvalue weighted by atomic mass is 9.51. The van der Waals surface area contributed by atoms with Gasteiger partial charge in [-0.2, -0.15) is 0 Å². The number of hydrogen-bond donors (Lipinski definition) is 2. The number of aromatic hydroxyl groups is 1. The highest BCUT2D eigenvalue weighted by Gasteiger charge is 2.78. The number of fused-ring (bicyclic) bond motifs is 2. The quantitative estimate of drug-likeness (QED) is 0.870. The summed E-state index contributed by atoms with van der Waals surface area (Å²) in [7, 11) is 2.26. The van der Waals surface area contributed by atoms with E-state index < -0.39 is 0 Å². The number of ether oxygens (including phenoxy) is 2. The third-order valence-corrected chi connectivity index (χ3v) is 7.93. The fourth-order valence-corrected chi connectivity index (χ4v) is 6.92. The van der Waals surface area contributed by atoms with Gasteiger partial charge >= 0.3 is 0 Å². The van der Waals surface area contributed by atoms with Gasteiger partial charge in [0.25, 0.3) is 0 Å². The number of rotatable bonds is 3. The summed E-state index contributed by atoms with van der Waals surface area (Å²) in [4.78, 5) is 2.53. The van der Waals surface area contributed by atoms with Crippen molar-refractivity contribution in [3.05, 3.63) is 23.3 Å². The minimum absolute atomic E-state index is 0.0196. The number of likely N-dealkylation sites (N-methyl/N-ethyl adjacent to an activating group) is 1. The van der Waals surface area contributed by atoms with E-state index >= 15 is 0 Å². The van der Waals surface area contributed by atoms with Crippen molar-refractivity contribution in [1.82, 2.24) is 4.90 Å². The lowest BCUT2D eigenvalue weighted by Gasteiger charge is -2.58. The Morgan fingerprint density at radius 3 is 3.12 bits per heavy atom. The topological polar surface area (TPSA) is 62.2 Å². The summed E-state index contributed by atoms with van der Waals surface area (Å²) in [5.74, 6) is 2.09. The van der Waals surface area contributed by atoms with Crippen molar-refractivity contribution in [2.45, 2.75) is 48.8 Å². The number of aliphatic hydroxyl groups excluding tert-OH is 1. The van der Waals surface area contributed by atoms with E-state index in [1.54, 1.807) is 6.07 Å². The van der Waals surface area contributed by atoms with Gasteiger partial charge in [0, 0.05) is 17.0 Å². The molecule has 25 heavy (non-hydrogen) atoms. The Bertz CT molecular complexity index is 766. The van der Waals surface area contributed by atoms with Crippen molar-refractivity contribution in [1.29, 1.82) is 0 Å². The zero-order valence-electron chi connectivity index (χ0n) is 14.6. The number of phenolic OH excluding ortho intramolecular Hbond substituents is 1. The summed E-state index contributed by atoms with van der Waals surface area (Å²) < 4.78 is 12.8. The molecule has 3 aliphatic carbocycles. The van der Waals surface area contributed by atoms with E-state index in [0.29, 0.717) is 24.5 Å². The average molecular weight is 343 g/mol. The standard InChI is InChI=1S/C20H25NO4/c1-21-5-4-19-13-9-12-10-20(12,24-7-6-22)18(19)25-17-15(23)3-2-11(16(17)19)8-14(13)21/h2-3,12-14,18,22-23H,4-10H2,1H3/t12?,13?,14-,18-,19+,20+/m1/s1. The molecule has 1 saturated heterocycles. The predicted molar refractivity (Wildman–Crippen MR) is 90.9 cm³/mol. The molecular formula is C20H25NO4. The minimum Gasteiger partial charge on any atom is -0.504 e.